The highest BCUT2D eigenvalue weighted by molar-refractivity contribution is 5.68. The number of nitrogens with zero attached hydrogens (tertiary/aromatic N) is 2. The Hall–Kier alpha value is -2.35. The van der Waals surface area contributed by atoms with Crippen LogP contribution in [0.15, 0.2) is 54.7 Å². The summed E-state index contributed by atoms with van der Waals surface area (Å²) in [5.41, 5.74) is 7.21. The largest absolute Gasteiger partial charge is 0.240 e. The minimum Gasteiger partial charge on any atom is -0.240 e. The fraction of sp³-hybridized carbons (Fsp3) is 0.167. The van der Waals surface area contributed by atoms with Gasteiger partial charge in [0.2, 0.25) is 0 Å². The summed E-state index contributed by atoms with van der Waals surface area (Å²) in [5.74, 6) is 0. The number of hydrogen-bond donors (Lipinski definition) is 0. The fourth-order valence-electron chi connectivity index (χ4n) is 2.77. The highest BCUT2D eigenvalue weighted by atomic mass is 15.3. The van der Waals surface area contributed by atoms with Crippen molar-refractivity contribution >= 4 is 0 Å². The lowest BCUT2D eigenvalue weighted by Crippen LogP contribution is -1.96. The van der Waals surface area contributed by atoms with Gasteiger partial charge < -0.3 is 0 Å². The van der Waals surface area contributed by atoms with E-state index < -0.39 is 0 Å². The van der Waals surface area contributed by atoms with E-state index in [2.05, 4.69) is 51.1 Å². The van der Waals surface area contributed by atoms with E-state index in [1.807, 2.05) is 29.1 Å². The molecular formula is C18H18N2. The van der Waals surface area contributed by atoms with Crippen molar-refractivity contribution in [1.82, 2.24) is 9.78 Å². The number of benzene rings is 2. The quantitative estimate of drug-likeness (QED) is 0.666. The zero-order valence-corrected chi connectivity index (χ0v) is 12.1. The average Bonchev–Trinajstić information content (AvgIpc) is 2.88. The molecule has 0 fully saturated rings. The molecule has 3 rings (SSSR count). The number of aromatic nitrogens is 2. The van der Waals surface area contributed by atoms with Crippen LogP contribution in [-0.2, 0) is 0 Å². The van der Waals surface area contributed by atoms with E-state index in [0.717, 1.165) is 11.4 Å². The monoisotopic (exact) mass is 262 g/mol. The van der Waals surface area contributed by atoms with Gasteiger partial charge in [-0.15, -0.1) is 0 Å². The molecule has 2 nitrogen and oxygen atoms in total. The van der Waals surface area contributed by atoms with Gasteiger partial charge in [0.15, 0.2) is 0 Å². The van der Waals surface area contributed by atoms with E-state index in [9.17, 15) is 0 Å². The van der Waals surface area contributed by atoms with Crippen molar-refractivity contribution in [1.29, 1.82) is 0 Å². The molecule has 0 radical (unpaired) electrons. The lowest BCUT2D eigenvalue weighted by molar-refractivity contribution is 0.883. The maximum atomic E-state index is 4.72. The lowest BCUT2D eigenvalue weighted by Gasteiger charge is -2.09. The van der Waals surface area contributed by atoms with Crippen LogP contribution in [-0.4, -0.2) is 9.78 Å². The Bertz CT molecular complexity index is 716. The molecule has 1 heterocycles. The Morgan fingerprint density at radius 1 is 0.850 bits per heavy atom. The molecular weight excluding hydrogens is 244 g/mol. The summed E-state index contributed by atoms with van der Waals surface area (Å²) in [4.78, 5) is 0. The highest BCUT2D eigenvalue weighted by Gasteiger charge is 2.10. The van der Waals surface area contributed by atoms with E-state index in [4.69, 9.17) is 5.10 Å². The highest BCUT2D eigenvalue weighted by Crippen LogP contribution is 2.27. The van der Waals surface area contributed by atoms with Gasteiger partial charge in [-0.05, 0) is 50.1 Å². The van der Waals surface area contributed by atoms with Gasteiger partial charge in [0.1, 0.15) is 0 Å². The van der Waals surface area contributed by atoms with Gasteiger partial charge >= 0.3 is 0 Å². The molecule has 0 N–H and O–H groups in total. The number of para-hydroxylation sites is 1. The summed E-state index contributed by atoms with van der Waals surface area (Å²) in [6, 6.07) is 16.7. The van der Waals surface area contributed by atoms with Crippen LogP contribution < -0.4 is 0 Å². The summed E-state index contributed by atoms with van der Waals surface area (Å²) in [6.45, 7) is 6.43. The van der Waals surface area contributed by atoms with E-state index in [1.165, 1.54) is 22.3 Å². The maximum absolute atomic E-state index is 4.72. The van der Waals surface area contributed by atoms with Crippen molar-refractivity contribution < 1.29 is 0 Å². The normalized spacial score (nSPS) is 10.8. The van der Waals surface area contributed by atoms with Crippen LogP contribution in [0.25, 0.3) is 16.9 Å². The molecule has 2 heteroatoms. The van der Waals surface area contributed by atoms with Gasteiger partial charge in [-0.25, -0.2) is 4.68 Å². The second kappa shape index (κ2) is 4.97. The molecule has 2 aromatic carbocycles. The molecule has 0 aliphatic heterocycles. The zero-order valence-electron chi connectivity index (χ0n) is 12.1. The summed E-state index contributed by atoms with van der Waals surface area (Å²) >= 11 is 0. The molecule has 0 unspecified atom stereocenters. The third kappa shape index (κ3) is 2.25. The first kappa shape index (κ1) is 12.7. The molecule has 20 heavy (non-hydrogen) atoms. The molecule has 0 aliphatic rings. The van der Waals surface area contributed by atoms with Crippen LogP contribution >= 0.6 is 0 Å². The smallest absolute Gasteiger partial charge is 0.0932 e. The van der Waals surface area contributed by atoms with E-state index in [-0.39, 0.29) is 0 Å². The molecule has 0 bridgehead atoms. The molecule has 100 valence electrons. The first-order valence-electron chi connectivity index (χ1n) is 6.84. The molecule has 0 amide bonds. The SMILES string of the molecule is Cc1cc(C)c(-c2ccn(-c3ccccc3)n2)c(C)c1. The van der Waals surface area contributed by atoms with Gasteiger partial charge in [0.05, 0.1) is 11.4 Å². The van der Waals surface area contributed by atoms with Crippen molar-refractivity contribution in [2.24, 2.45) is 0 Å². The topological polar surface area (TPSA) is 17.8 Å². The van der Waals surface area contributed by atoms with Gasteiger partial charge in [-0.1, -0.05) is 35.9 Å². The number of rotatable bonds is 2. The van der Waals surface area contributed by atoms with Gasteiger partial charge in [-0.3, -0.25) is 0 Å². The van der Waals surface area contributed by atoms with Crippen molar-refractivity contribution in [3.8, 4) is 16.9 Å². The zero-order chi connectivity index (χ0) is 14.1. The summed E-state index contributed by atoms with van der Waals surface area (Å²) in [7, 11) is 0. The minimum absolute atomic E-state index is 1.03. The Morgan fingerprint density at radius 2 is 1.50 bits per heavy atom. The van der Waals surface area contributed by atoms with Crippen LogP contribution in [0.3, 0.4) is 0 Å². The van der Waals surface area contributed by atoms with E-state index >= 15 is 0 Å². The second-order valence-corrected chi connectivity index (χ2v) is 5.25. The Labute approximate surface area is 119 Å². The summed E-state index contributed by atoms with van der Waals surface area (Å²) in [6.07, 6.45) is 2.02. The van der Waals surface area contributed by atoms with Crippen LogP contribution in [0.4, 0.5) is 0 Å². The predicted molar refractivity (Wildman–Crippen MR) is 83.2 cm³/mol. The van der Waals surface area contributed by atoms with Gasteiger partial charge in [-0.2, -0.15) is 5.10 Å². The summed E-state index contributed by atoms with van der Waals surface area (Å²) in [5, 5.41) is 4.72. The Balaban J connectivity index is 2.07. The van der Waals surface area contributed by atoms with Crippen molar-refractivity contribution in [3.63, 3.8) is 0 Å². The molecule has 1 aromatic heterocycles. The Morgan fingerprint density at radius 3 is 2.15 bits per heavy atom. The Kier molecular flexibility index (Phi) is 3.15. The number of aryl methyl sites for hydroxylation is 3. The van der Waals surface area contributed by atoms with Crippen LogP contribution in [0, 0.1) is 20.8 Å². The van der Waals surface area contributed by atoms with Crippen molar-refractivity contribution in [2.75, 3.05) is 0 Å². The average molecular weight is 262 g/mol. The summed E-state index contributed by atoms with van der Waals surface area (Å²) < 4.78 is 1.92. The molecule has 0 spiro atoms. The van der Waals surface area contributed by atoms with Crippen molar-refractivity contribution in [3.05, 3.63) is 71.4 Å². The predicted octanol–water partition coefficient (Wildman–Crippen LogP) is 4.46. The standard InChI is InChI=1S/C18H18N2/c1-13-11-14(2)18(15(3)12-13)17-9-10-20(19-17)16-7-5-4-6-8-16/h4-12H,1-3H3. The van der Waals surface area contributed by atoms with Crippen molar-refractivity contribution in [2.45, 2.75) is 20.8 Å². The molecule has 0 saturated heterocycles. The third-order valence-corrected chi connectivity index (χ3v) is 3.54. The third-order valence-electron chi connectivity index (χ3n) is 3.54. The fourth-order valence-corrected chi connectivity index (χ4v) is 2.77. The van der Waals surface area contributed by atoms with E-state index in [1.54, 1.807) is 0 Å². The van der Waals surface area contributed by atoms with E-state index in [0.29, 0.717) is 0 Å². The molecule has 3 aromatic rings. The molecule has 0 saturated carbocycles. The molecule has 0 aliphatic carbocycles. The number of hydrogen-bond acceptors (Lipinski definition) is 1. The van der Waals surface area contributed by atoms with Gasteiger partial charge in [0, 0.05) is 11.8 Å². The maximum Gasteiger partial charge on any atom is 0.0932 e. The van der Waals surface area contributed by atoms with Crippen LogP contribution in [0.2, 0.25) is 0 Å². The first-order chi connectivity index (χ1) is 9.65. The second-order valence-electron chi connectivity index (χ2n) is 5.25. The lowest BCUT2D eigenvalue weighted by atomic mass is 9.98. The van der Waals surface area contributed by atoms with Crippen LogP contribution in [0.1, 0.15) is 16.7 Å². The first-order valence-corrected chi connectivity index (χ1v) is 6.84. The van der Waals surface area contributed by atoms with Crippen LogP contribution in [0.5, 0.6) is 0 Å². The van der Waals surface area contributed by atoms with Gasteiger partial charge in [0.25, 0.3) is 0 Å². The minimum atomic E-state index is 1.03. The molecule has 0 atom stereocenters.